The number of benzene rings is 2. The van der Waals surface area contributed by atoms with Gasteiger partial charge in [0, 0.05) is 32.6 Å². The van der Waals surface area contributed by atoms with Crippen LogP contribution in [-0.2, 0) is 5.21 Å². The number of fused-ring (bicyclic) bond motifs is 3. The number of hydrogen-bond acceptors (Lipinski definition) is 0. The van der Waals surface area contributed by atoms with Crippen LogP contribution < -0.4 is 0 Å². The largest absolute Gasteiger partial charge is 0.0620 e. The second-order valence-corrected chi connectivity index (χ2v) is 10.1. The molecule has 28 heavy (non-hydrogen) atoms. The van der Waals surface area contributed by atoms with Crippen molar-refractivity contribution in [3.05, 3.63) is 59.7 Å². The lowest BCUT2D eigenvalue weighted by atomic mass is 8.57. The summed E-state index contributed by atoms with van der Waals surface area (Å²) in [6.07, 6.45) is 2.57. The summed E-state index contributed by atoms with van der Waals surface area (Å²) in [5.41, 5.74) is 6.11. The highest BCUT2D eigenvalue weighted by Crippen LogP contribution is 2.52. The van der Waals surface area contributed by atoms with Gasteiger partial charge in [-0.25, -0.2) is 0 Å². The molecule has 3 rings (SSSR count). The average Bonchev–Trinajstić information content (AvgIpc) is 2.93. The van der Waals surface area contributed by atoms with Crippen LogP contribution in [0.25, 0.3) is 11.1 Å². The molecule has 0 saturated heterocycles. The maximum atomic E-state index is 2.49. The summed E-state index contributed by atoms with van der Waals surface area (Å²) in [5.74, 6) is 0. The molecule has 0 amide bonds. The Bertz CT molecular complexity index is 770. The smallest absolute Gasteiger partial charge is 0.0594 e. The molecule has 0 heterocycles. The number of hydrogen-bond donors (Lipinski definition) is 0. The van der Waals surface area contributed by atoms with Gasteiger partial charge < -0.3 is 0 Å². The third-order valence-corrected chi connectivity index (χ3v) is 7.50. The van der Waals surface area contributed by atoms with Crippen LogP contribution in [-0.4, -0.2) is 107 Å². The van der Waals surface area contributed by atoms with E-state index in [-0.39, 0.29) is 5.21 Å². The second-order valence-electron chi connectivity index (χ2n) is 10.1. The lowest BCUT2D eigenvalue weighted by Crippen LogP contribution is -2.77. The first kappa shape index (κ1) is 22.1. The van der Waals surface area contributed by atoms with Crippen molar-refractivity contribution in [1.29, 1.82) is 0 Å². The normalized spacial score (nSPS) is 13.0. The van der Waals surface area contributed by atoms with Crippen LogP contribution >= 0.6 is 0 Å². The quantitative estimate of drug-likeness (QED) is 0.438. The molecule has 0 atom stereocenters. The van der Waals surface area contributed by atoms with Gasteiger partial charge in [0.2, 0.25) is 0 Å². The fourth-order valence-electron chi connectivity index (χ4n) is 6.95. The zero-order valence-electron chi connectivity index (χ0n) is 19.3. The Morgan fingerprint density at radius 2 is 1.00 bits per heavy atom. The molecule has 2 aromatic rings. The molecule has 1 aliphatic carbocycles. The zero-order valence-corrected chi connectivity index (χ0v) is 19.3. The minimum absolute atomic E-state index is 0.0825. The molecule has 2 aromatic carbocycles. The van der Waals surface area contributed by atoms with Gasteiger partial charge in [-0.1, -0.05) is 53.7 Å². The molecule has 15 heteroatoms. The van der Waals surface area contributed by atoms with Gasteiger partial charge in [0.15, 0.2) is 0 Å². The lowest BCUT2D eigenvalue weighted by Gasteiger charge is -2.51. The van der Waals surface area contributed by atoms with Crippen LogP contribution in [0.15, 0.2) is 48.5 Å². The van der Waals surface area contributed by atoms with Crippen LogP contribution in [0.5, 0.6) is 0 Å². The zero-order chi connectivity index (χ0) is 20.6. The van der Waals surface area contributed by atoms with Crippen molar-refractivity contribution in [1.82, 2.24) is 0 Å². The minimum atomic E-state index is 0.0825. The van der Waals surface area contributed by atoms with Gasteiger partial charge in [0.25, 0.3) is 0 Å². The Hall–Kier alpha value is -0.586. The Labute approximate surface area is 183 Å². The first-order valence-electron chi connectivity index (χ1n) is 11.5. The fraction of sp³-hybridized carbons (Fsp3) is 0.0769. The Morgan fingerprint density at radius 1 is 0.607 bits per heavy atom. The monoisotopic (exact) mass is 346 g/mol. The van der Waals surface area contributed by atoms with Crippen molar-refractivity contribution in [2.24, 2.45) is 0 Å². The highest BCUT2D eigenvalue weighted by molar-refractivity contribution is 7.90. The van der Waals surface area contributed by atoms with Crippen molar-refractivity contribution < 1.29 is 0 Å². The Morgan fingerprint density at radius 3 is 1.36 bits per heavy atom. The average molecular weight is 344 g/mol. The van der Waals surface area contributed by atoms with Gasteiger partial charge in [-0.15, -0.1) is 0 Å². The molecule has 0 N–H and O–H groups in total. The second kappa shape index (κ2) is 8.65. The molecule has 0 fully saturated rings. The summed E-state index contributed by atoms with van der Waals surface area (Å²) in [6, 6.07) is 18.6. The summed E-state index contributed by atoms with van der Waals surface area (Å²) in [6.45, 7) is 1.23. The molecule has 122 valence electrons. The van der Waals surface area contributed by atoms with Crippen molar-refractivity contribution in [3.8, 4) is 11.1 Å². The van der Waals surface area contributed by atoms with E-state index < -0.39 is 0 Å². The van der Waals surface area contributed by atoms with E-state index in [1.165, 1.54) is 18.2 Å². The van der Waals surface area contributed by atoms with Crippen molar-refractivity contribution in [3.63, 3.8) is 0 Å². The van der Waals surface area contributed by atoms with Crippen molar-refractivity contribution in [2.75, 3.05) is 0 Å². The molecule has 0 spiro atoms. The maximum absolute atomic E-state index is 2.49. The van der Waals surface area contributed by atoms with E-state index in [0.717, 1.165) is 0 Å². The summed E-state index contributed by atoms with van der Waals surface area (Å²) >= 11 is 0. The minimum Gasteiger partial charge on any atom is -0.0620 e. The van der Waals surface area contributed by atoms with Crippen LogP contribution in [0.4, 0.5) is 0 Å². The van der Waals surface area contributed by atoms with E-state index in [1.807, 2.05) is 0 Å². The lowest BCUT2D eigenvalue weighted by molar-refractivity contribution is 1.06. The van der Waals surface area contributed by atoms with E-state index in [4.69, 9.17) is 0 Å². The molecule has 0 saturated carbocycles. The molecule has 0 aliphatic heterocycles. The molecular formula is C13H25B15. The number of rotatable bonds is 7. The van der Waals surface area contributed by atoms with E-state index in [9.17, 15) is 0 Å². The predicted octanol–water partition coefficient (Wildman–Crippen LogP) is -7.30. The summed E-state index contributed by atoms with van der Waals surface area (Å²) in [5, 5.41) is 0.0825. The SMILES string of the molecule is BBB(B)B(B(B)B)C1(B(B(B)B)B(B)B)c2ccccc2-c2ccccc21. The van der Waals surface area contributed by atoms with E-state index in [2.05, 4.69) is 110 Å². The van der Waals surface area contributed by atoms with Crippen molar-refractivity contribution in [2.45, 2.75) is 5.21 Å². The summed E-state index contributed by atoms with van der Waals surface area (Å²) in [7, 11) is 20.8. The first-order chi connectivity index (χ1) is 13.3. The van der Waals surface area contributed by atoms with Gasteiger partial charge in [-0.05, 0) is 22.3 Å². The van der Waals surface area contributed by atoms with E-state index >= 15 is 0 Å². The van der Waals surface area contributed by atoms with Crippen molar-refractivity contribution >= 4 is 107 Å². The molecule has 0 bridgehead atoms. The maximum Gasteiger partial charge on any atom is 0.0594 e. The van der Waals surface area contributed by atoms with Gasteiger partial charge in [0.05, 0.1) is 74.9 Å². The van der Waals surface area contributed by atoms with Crippen LogP contribution in [0.2, 0.25) is 0 Å². The van der Waals surface area contributed by atoms with Gasteiger partial charge in [-0.2, -0.15) is 0 Å². The molecular weight excluding hydrogens is 318 g/mol. The van der Waals surface area contributed by atoms with Crippen LogP contribution in [0.3, 0.4) is 0 Å². The summed E-state index contributed by atoms with van der Waals surface area (Å²) < 4.78 is 0. The van der Waals surface area contributed by atoms with Crippen LogP contribution in [0.1, 0.15) is 11.1 Å². The molecule has 0 radical (unpaired) electrons. The Balaban J connectivity index is 2.47. The molecule has 0 unspecified atom stereocenters. The van der Waals surface area contributed by atoms with Gasteiger partial charge in [0.1, 0.15) is 0 Å². The summed E-state index contributed by atoms with van der Waals surface area (Å²) in [4.78, 5) is 0. The highest BCUT2D eigenvalue weighted by Gasteiger charge is 2.57. The molecule has 0 nitrogen and oxygen atoms in total. The highest BCUT2D eigenvalue weighted by atomic mass is 14.3. The topological polar surface area (TPSA) is 0 Å². The Kier molecular flexibility index (Phi) is 6.83. The molecule has 0 aromatic heterocycles. The van der Waals surface area contributed by atoms with Crippen LogP contribution in [0, 0.1) is 0 Å². The van der Waals surface area contributed by atoms with E-state index in [1.54, 1.807) is 11.1 Å². The molecule has 1 aliphatic rings. The third kappa shape index (κ3) is 3.33. The van der Waals surface area contributed by atoms with E-state index in [0.29, 0.717) is 38.5 Å². The van der Waals surface area contributed by atoms with Gasteiger partial charge >= 0.3 is 0 Å². The first-order valence-corrected chi connectivity index (χ1v) is 11.5. The third-order valence-electron chi connectivity index (χ3n) is 7.50. The predicted molar refractivity (Wildman–Crippen MR) is 163 cm³/mol. The fourth-order valence-corrected chi connectivity index (χ4v) is 6.95. The van der Waals surface area contributed by atoms with Gasteiger partial charge in [-0.3, -0.25) is 0 Å². The standard InChI is InChI=1S/C13H25B15/c14-22-28(21)24(27(19)20)13(23(25(15)16)26(17)18)11-7-3-1-5-9(11)10-6-2-4-8-12(10)13/h1-8,22H,14-21H2.